The van der Waals surface area contributed by atoms with Crippen LogP contribution in [0.5, 0.6) is 0 Å². The number of alkyl halides is 3. The number of hydrogen-bond acceptors (Lipinski definition) is 3. The number of hydrogen-bond donors (Lipinski definition) is 2. The molecular weight excluding hydrogens is 385 g/mol. The Morgan fingerprint density at radius 2 is 1.97 bits per heavy atom. The maximum absolute atomic E-state index is 13.0. The highest BCUT2D eigenvalue weighted by molar-refractivity contribution is 5.94. The van der Waals surface area contributed by atoms with Gasteiger partial charge in [0.2, 0.25) is 0 Å². The van der Waals surface area contributed by atoms with Crippen LogP contribution < -0.4 is 10.9 Å². The van der Waals surface area contributed by atoms with Crippen molar-refractivity contribution in [1.29, 1.82) is 0 Å². The van der Waals surface area contributed by atoms with Gasteiger partial charge in [-0.2, -0.15) is 13.2 Å². The lowest BCUT2D eigenvalue weighted by atomic mass is 9.99. The summed E-state index contributed by atoms with van der Waals surface area (Å²) in [5.41, 5.74) is -0.784. The fourth-order valence-corrected chi connectivity index (χ4v) is 3.01. The summed E-state index contributed by atoms with van der Waals surface area (Å²) >= 11 is 0. The molecule has 1 atom stereocenters. The molecule has 0 aliphatic carbocycles. The van der Waals surface area contributed by atoms with Crippen molar-refractivity contribution in [3.05, 3.63) is 81.8 Å². The number of rotatable bonds is 6. The number of H-pyrrole nitrogens is 1. The summed E-state index contributed by atoms with van der Waals surface area (Å²) in [6.07, 6.45) is -1.96. The average Bonchev–Trinajstić information content (AvgIpc) is 3.21. The van der Waals surface area contributed by atoms with Gasteiger partial charge in [-0.05, 0) is 48.4 Å². The van der Waals surface area contributed by atoms with E-state index < -0.39 is 29.2 Å². The molecule has 0 aliphatic heterocycles. The molecule has 1 amide bonds. The number of amides is 1. The van der Waals surface area contributed by atoms with Crippen LogP contribution in [0.1, 0.15) is 47.3 Å². The standard InChI is InChI=1S/C21H19F3N2O3/c1-2-5-16(13-6-3-7-14(12-13)21(22,23)24)25-19(27)15-9-10-17(26-20(15)28)18-8-4-11-29-18/h3-4,6-12,16H,2,5H2,1H3,(H,25,27)(H,26,28). The molecule has 0 bridgehead atoms. The number of aromatic amines is 1. The zero-order chi connectivity index (χ0) is 21.0. The Hall–Kier alpha value is -3.29. The first-order valence-corrected chi connectivity index (χ1v) is 9.05. The maximum atomic E-state index is 13.0. The Kier molecular flexibility index (Phi) is 5.91. The average molecular weight is 404 g/mol. The highest BCUT2D eigenvalue weighted by atomic mass is 19.4. The van der Waals surface area contributed by atoms with Crippen LogP contribution in [0.15, 0.2) is 64.0 Å². The molecule has 2 heterocycles. The number of furan rings is 1. The van der Waals surface area contributed by atoms with Crippen LogP contribution in [-0.4, -0.2) is 10.9 Å². The first-order valence-electron chi connectivity index (χ1n) is 9.05. The third-order valence-electron chi connectivity index (χ3n) is 4.44. The number of aromatic nitrogens is 1. The third-order valence-corrected chi connectivity index (χ3v) is 4.44. The summed E-state index contributed by atoms with van der Waals surface area (Å²) in [6.45, 7) is 1.86. The van der Waals surface area contributed by atoms with Gasteiger partial charge >= 0.3 is 6.18 Å². The van der Waals surface area contributed by atoms with Gasteiger partial charge in [0.15, 0.2) is 0 Å². The monoisotopic (exact) mass is 404 g/mol. The molecule has 152 valence electrons. The smallest absolute Gasteiger partial charge is 0.416 e. The number of carbonyl (C=O) groups excluding carboxylic acids is 1. The van der Waals surface area contributed by atoms with E-state index in [1.165, 1.54) is 30.5 Å². The van der Waals surface area contributed by atoms with Gasteiger partial charge in [-0.15, -0.1) is 0 Å². The summed E-state index contributed by atoms with van der Waals surface area (Å²) in [7, 11) is 0. The van der Waals surface area contributed by atoms with Crippen molar-refractivity contribution >= 4 is 5.91 Å². The van der Waals surface area contributed by atoms with E-state index in [9.17, 15) is 22.8 Å². The van der Waals surface area contributed by atoms with Gasteiger partial charge < -0.3 is 14.7 Å². The minimum Gasteiger partial charge on any atom is -0.463 e. The molecule has 2 N–H and O–H groups in total. The van der Waals surface area contributed by atoms with Gasteiger partial charge in [0.25, 0.3) is 11.5 Å². The Morgan fingerprint density at radius 1 is 1.17 bits per heavy atom. The van der Waals surface area contributed by atoms with Crippen molar-refractivity contribution in [1.82, 2.24) is 10.3 Å². The second kappa shape index (κ2) is 8.38. The molecule has 0 fully saturated rings. The van der Waals surface area contributed by atoms with Gasteiger partial charge in [0, 0.05) is 0 Å². The first-order chi connectivity index (χ1) is 13.8. The van der Waals surface area contributed by atoms with Gasteiger partial charge in [-0.1, -0.05) is 25.5 Å². The largest absolute Gasteiger partial charge is 0.463 e. The molecule has 0 saturated carbocycles. The lowest BCUT2D eigenvalue weighted by Gasteiger charge is -2.20. The predicted molar refractivity (Wildman–Crippen MR) is 101 cm³/mol. The fraction of sp³-hybridized carbons (Fsp3) is 0.238. The number of carbonyl (C=O) groups is 1. The molecule has 5 nitrogen and oxygen atoms in total. The molecule has 1 aromatic carbocycles. The second-order valence-corrected chi connectivity index (χ2v) is 6.53. The number of nitrogens with one attached hydrogen (secondary N) is 2. The van der Waals surface area contributed by atoms with Gasteiger partial charge in [-0.25, -0.2) is 0 Å². The van der Waals surface area contributed by atoms with Crippen LogP contribution in [-0.2, 0) is 6.18 Å². The van der Waals surface area contributed by atoms with Gasteiger partial charge in [0.1, 0.15) is 11.3 Å². The Balaban J connectivity index is 1.84. The van der Waals surface area contributed by atoms with E-state index in [0.29, 0.717) is 29.9 Å². The zero-order valence-electron chi connectivity index (χ0n) is 15.5. The molecule has 0 spiro atoms. The Bertz CT molecular complexity index is 1040. The van der Waals surface area contributed by atoms with E-state index in [4.69, 9.17) is 4.42 Å². The molecule has 8 heteroatoms. The normalized spacial score (nSPS) is 12.6. The molecule has 29 heavy (non-hydrogen) atoms. The SMILES string of the molecule is CCCC(NC(=O)c1ccc(-c2ccco2)[nH]c1=O)c1cccc(C(F)(F)F)c1. The molecule has 0 aliphatic rings. The quantitative estimate of drug-likeness (QED) is 0.612. The molecule has 3 aromatic rings. The summed E-state index contributed by atoms with van der Waals surface area (Å²) in [5.74, 6) is -0.213. The molecule has 3 rings (SSSR count). The van der Waals surface area contributed by atoms with Crippen LogP contribution >= 0.6 is 0 Å². The summed E-state index contributed by atoms with van der Waals surface area (Å²) in [6, 6.07) is 10.4. The van der Waals surface area contributed by atoms with E-state index in [0.717, 1.165) is 12.1 Å². The van der Waals surface area contributed by atoms with Crippen molar-refractivity contribution in [2.45, 2.75) is 32.0 Å². The molecule has 2 aromatic heterocycles. The van der Waals surface area contributed by atoms with E-state index >= 15 is 0 Å². The van der Waals surface area contributed by atoms with Crippen molar-refractivity contribution in [2.75, 3.05) is 0 Å². The van der Waals surface area contributed by atoms with E-state index in [2.05, 4.69) is 10.3 Å². The van der Waals surface area contributed by atoms with E-state index in [-0.39, 0.29) is 5.56 Å². The van der Waals surface area contributed by atoms with Crippen LogP contribution in [0, 0.1) is 0 Å². The molecule has 0 saturated heterocycles. The van der Waals surface area contributed by atoms with Crippen molar-refractivity contribution in [2.24, 2.45) is 0 Å². The fourth-order valence-electron chi connectivity index (χ4n) is 3.01. The second-order valence-electron chi connectivity index (χ2n) is 6.53. The summed E-state index contributed by atoms with van der Waals surface area (Å²) < 4.78 is 44.2. The summed E-state index contributed by atoms with van der Waals surface area (Å²) in [4.78, 5) is 27.5. The Labute approximate surface area is 164 Å². The zero-order valence-corrected chi connectivity index (χ0v) is 15.5. The van der Waals surface area contributed by atoms with Crippen molar-refractivity contribution < 1.29 is 22.4 Å². The highest BCUT2D eigenvalue weighted by Gasteiger charge is 2.31. The topological polar surface area (TPSA) is 75.1 Å². The first kappa shape index (κ1) is 20.4. The van der Waals surface area contributed by atoms with Crippen LogP contribution in [0.25, 0.3) is 11.5 Å². The lowest BCUT2D eigenvalue weighted by Crippen LogP contribution is -2.33. The number of pyridine rings is 1. The van der Waals surface area contributed by atoms with Crippen molar-refractivity contribution in [3.8, 4) is 11.5 Å². The molecular formula is C21H19F3N2O3. The third kappa shape index (κ3) is 4.77. The summed E-state index contributed by atoms with van der Waals surface area (Å²) in [5, 5.41) is 2.67. The minimum absolute atomic E-state index is 0.131. The van der Waals surface area contributed by atoms with Crippen LogP contribution in [0.4, 0.5) is 13.2 Å². The van der Waals surface area contributed by atoms with E-state index in [1.54, 1.807) is 12.1 Å². The molecule has 1 unspecified atom stereocenters. The number of benzene rings is 1. The van der Waals surface area contributed by atoms with Crippen LogP contribution in [0.2, 0.25) is 0 Å². The van der Waals surface area contributed by atoms with Gasteiger partial charge in [-0.3, -0.25) is 9.59 Å². The van der Waals surface area contributed by atoms with Crippen LogP contribution in [0.3, 0.4) is 0 Å². The Morgan fingerprint density at radius 3 is 2.59 bits per heavy atom. The lowest BCUT2D eigenvalue weighted by molar-refractivity contribution is -0.137. The number of halogens is 3. The van der Waals surface area contributed by atoms with E-state index in [1.807, 2.05) is 6.92 Å². The highest BCUT2D eigenvalue weighted by Crippen LogP contribution is 2.31. The van der Waals surface area contributed by atoms with Gasteiger partial charge in [0.05, 0.1) is 23.6 Å². The maximum Gasteiger partial charge on any atom is 0.416 e. The minimum atomic E-state index is -4.48. The molecule has 0 radical (unpaired) electrons. The van der Waals surface area contributed by atoms with Crippen molar-refractivity contribution in [3.63, 3.8) is 0 Å². The predicted octanol–water partition coefficient (Wildman–Crippen LogP) is 4.92.